The van der Waals surface area contributed by atoms with E-state index in [0.717, 1.165) is 11.3 Å². The van der Waals surface area contributed by atoms with Crippen LogP contribution in [0.3, 0.4) is 0 Å². The molecule has 0 radical (unpaired) electrons. The van der Waals surface area contributed by atoms with Gasteiger partial charge in [0.1, 0.15) is 0 Å². The maximum absolute atomic E-state index is 12.7. The number of rotatable bonds is 6. The van der Waals surface area contributed by atoms with E-state index in [4.69, 9.17) is 0 Å². The summed E-state index contributed by atoms with van der Waals surface area (Å²) in [5, 5.41) is 2.04. The minimum Gasteiger partial charge on any atom is -0.353 e. The first kappa shape index (κ1) is 16.3. The fraction of sp³-hybridized carbons (Fsp3) is 0.150. The summed E-state index contributed by atoms with van der Waals surface area (Å²) < 4.78 is 2.05. The highest BCUT2D eigenvalue weighted by Crippen LogP contribution is 2.15. The number of aryl methyl sites for hydroxylation is 1. The van der Waals surface area contributed by atoms with Crippen LogP contribution in [-0.4, -0.2) is 15.4 Å². The van der Waals surface area contributed by atoms with E-state index < -0.39 is 0 Å². The first-order chi connectivity index (χ1) is 11.7. The van der Waals surface area contributed by atoms with Gasteiger partial charge < -0.3 is 9.47 Å². The zero-order chi connectivity index (χ0) is 16.8. The number of carbonyl (C=O) groups excluding carboxylic acids is 1. The Morgan fingerprint density at radius 2 is 1.92 bits per heavy atom. The van der Waals surface area contributed by atoms with Crippen molar-refractivity contribution in [2.75, 3.05) is 0 Å². The van der Waals surface area contributed by atoms with Gasteiger partial charge in [-0.05, 0) is 35.2 Å². The van der Waals surface area contributed by atoms with Crippen LogP contribution in [0.15, 0.2) is 72.3 Å². The Hall–Kier alpha value is -2.59. The summed E-state index contributed by atoms with van der Waals surface area (Å²) in [6, 6.07) is 18.0. The number of amides is 1. The molecule has 0 atom stereocenters. The maximum Gasteiger partial charge on any atom is 0.247 e. The molecule has 24 heavy (non-hydrogen) atoms. The third-order valence-electron chi connectivity index (χ3n) is 3.86. The van der Waals surface area contributed by atoms with E-state index in [1.165, 1.54) is 4.88 Å². The second-order valence-corrected chi connectivity index (χ2v) is 6.66. The Labute approximate surface area is 146 Å². The van der Waals surface area contributed by atoms with E-state index in [-0.39, 0.29) is 5.91 Å². The highest BCUT2D eigenvalue weighted by Gasteiger charge is 2.14. The summed E-state index contributed by atoms with van der Waals surface area (Å²) in [4.78, 5) is 15.8. The largest absolute Gasteiger partial charge is 0.353 e. The molecule has 0 saturated heterocycles. The third-order valence-corrected chi connectivity index (χ3v) is 4.72. The lowest BCUT2D eigenvalue weighted by atomic mass is 10.2. The van der Waals surface area contributed by atoms with Crippen molar-refractivity contribution >= 4 is 23.3 Å². The van der Waals surface area contributed by atoms with Crippen LogP contribution >= 0.6 is 11.3 Å². The van der Waals surface area contributed by atoms with Gasteiger partial charge in [0.15, 0.2) is 0 Å². The number of hydrogen-bond donors (Lipinski definition) is 0. The van der Waals surface area contributed by atoms with Gasteiger partial charge in [-0.3, -0.25) is 4.79 Å². The molecule has 0 fully saturated rings. The van der Waals surface area contributed by atoms with Gasteiger partial charge in [0, 0.05) is 29.9 Å². The highest BCUT2D eigenvalue weighted by molar-refractivity contribution is 7.09. The van der Waals surface area contributed by atoms with Crippen LogP contribution in [0.1, 0.15) is 16.1 Å². The van der Waals surface area contributed by atoms with Gasteiger partial charge in [-0.1, -0.05) is 36.4 Å². The number of nitrogens with zero attached hydrogens (tertiary/aromatic N) is 2. The SMILES string of the molecule is Cn1cccc1CN(Cc1cccs1)C(=O)/C=C/c1ccccc1. The number of carbonyl (C=O) groups is 1. The summed E-state index contributed by atoms with van der Waals surface area (Å²) in [6.07, 6.45) is 5.53. The predicted molar refractivity (Wildman–Crippen MR) is 99.5 cm³/mol. The van der Waals surface area contributed by atoms with Gasteiger partial charge in [0.25, 0.3) is 0 Å². The lowest BCUT2D eigenvalue weighted by molar-refractivity contribution is -0.127. The van der Waals surface area contributed by atoms with Gasteiger partial charge in [-0.15, -0.1) is 11.3 Å². The van der Waals surface area contributed by atoms with Gasteiger partial charge in [0.2, 0.25) is 5.91 Å². The van der Waals surface area contributed by atoms with Crippen molar-refractivity contribution in [2.24, 2.45) is 7.05 Å². The molecule has 0 bridgehead atoms. The fourth-order valence-electron chi connectivity index (χ4n) is 2.50. The average molecular weight is 336 g/mol. The van der Waals surface area contributed by atoms with Crippen LogP contribution in [0.25, 0.3) is 6.08 Å². The first-order valence-corrected chi connectivity index (χ1v) is 8.75. The Morgan fingerprint density at radius 3 is 2.58 bits per heavy atom. The molecular weight excluding hydrogens is 316 g/mol. The second kappa shape index (κ2) is 7.79. The molecule has 0 saturated carbocycles. The average Bonchev–Trinajstić information content (AvgIpc) is 3.25. The summed E-state index contributed by atoms with van der Waals surface area (Å²) in [5.74, 6) is 0.0217. The normalized spacial score (nSPS) is 11.0. The molecule has 0 aliphatic rings. The zero-order valence-electron chi connectivity index (χ0n) is 13.6. The molecule has 1 aromatic carbocycles. The summed E-state index contributed by atoms with van der Waals surface area (Å²) in [6.45, 7) is 1.22. The van der Waals surface area contributed by atoms with Crippen molar-refractivity contribution in [1.29, 1.82) is 0 Å². The van der Waals surface area contributed by atoms with E-state index in [1.807, 2.05) is 72.1 Å². The quantitative estimate of drug-likeness (QED) is 0.615. The Kier molecular flexibility index (Phi) is 5.29. The molecule has 3 aromatic rings. The summed E-state index contributed by atoms with van der Waals surface area (Å²) in [5.41, 5.74) is 2.15. The standard InChI is InChI=1S/C20H20N2OS/c1-21-13-5-9-18(21)15-22(16-19-10-6-14-24-19)20(23)12-11-17-7-3-2-4-8-17/h2-14H,15-16H2,1H3/b12-11+. The van der Waals surface area contributed by atoms with Crippen LogP contribution in [0.4, 0.5) is 0 Å². The second-order valence-electron chi connectivity index (χ2n) is 5.63. The van der Waals surface area contributed by atoms with Crippen molar-refractivity contribution in [2.45, 2.75) is 13.1 Å². The molecule has 3 nitrogen and oxygen atoms in total. The number of aromatic nitrogens is 1. The molecule has 122 valence electrons. The van der Waals surface area contributed by atoms with Gasteiger partial charge in [-0.2, -0.15) is 0 Å². The van der Waals surface area contributed by atoms with Gasteiger partial charge >= 0.3 is 0 Å². The fourth-order valence-corrected chi connectivity index (χ4v) is 3.22. The third kappa shape index (κ3) is 4.24. The monoisotopic (exact) mass is 336 g/mol. The number of hydrogen-bond acceptors (Lipinski definition) is 2. The van der Waals surface area contributed by atoms with Crippen molar-refractivity contribution < 1.29 is 4.79 Å². The molecule has 0 aliphatic carbocycles. The van der Waals surface area contributed by atoms with Crippen molar-refractivity contribution in [3.63, 3.8) is 0 Å². The first-order valence-electron chi connectivity index (χ1n) is 7.87. The maximum atomic E-state index is 12.7. The minimum absolute atomic E-state index is 0.0217. The Morgan fingerprint density at radius 1 is 1.08 bits per heavy atom. The molecular formula is C20H20N2OS. The van der Waals surface area contributed by atoms with Crippen LogP contribution in [0.2, 0.25) is 0 Å². The van der Waals surface area contributed by atoms with Crippen LogP contribution in [-0.2, 0) is 24.9 Å². The highest BCUT2D eigenvalue weighted by atomic mass is 32.1. The Bertz CT molecular complexity index is 803. The molecule has 2 heterocycles. The molecule has 0 N–H and O–H groups in total. The van der Waals surface area contributed by atoms with Crippen molar-refractivity contribution in [1.82, 2.24) is 9.47 Å². The van der Waals surface area contributed by atoms with Gasteiger partial charge in [0.05, 0.1) is 13.1 Å². The zero-order valence-corrected chi connectivity index (χ0v) is 14.4. The number of benzene rings is 1. The molecule has 2 aromatic heterocycles. The Balaban J connectivity index is 1.76. The molecule has 3 rings (SSSR count). The lowest BCUT2D eigenvalue weighted by Crippen LogP contribution is -2.29. The van der Waals surface area contributed by atoms with Crippen LogP contribution in [0.5, 0.6) is 0 Å². The van der Waals surface area contributed by atoms with E-state index in [0.29, 0.717) is 13.1 Å². The van der Waals surface area contributed by atoms with E-state index >= 15 is 0 Å². The number of thiophene rings is 1. The van der Waals surface area contributed by atoms with Crippen molar-refractivity contribution in [3.05, 3.63) is 88.4 Å². The van der Waals surface area contributed by atoms with E-state index in [2.05, 4.69) is 16.7 Å². The van der Waals surface area contributed by atoms with E-state index in [1.54, 1.807) is 17.4 Å². The lowest BCUT2D eigenvalue weighted by Gasteiger charge is -2.21. The summed E-state index contributed by atoms with van der Waals surface area (Å²) in [7, 11) is 2.00. The van der Waals surface area contributed by atoms with Crippen molar-refractivity contribution in [3.8, 4) is 0 Å². The summed E-state index contributed by atoms with van der Waals surface area (Å²) >= 11 is 1.68. The molecule has 0 spiro atoms. The minimum atomic E-state index is 0.0217. The van der Waals surface area contributed by atoms with E-state index in [9.17, 15) is 4.79 Å². The molecule has 4 heteroatoms. The predicted octanol–water partition coefficient (Wildman–Crippen LogP) is 4.33. The van der Waals surface area contributed by atoms with Crippen LogP contribution in [0, 0.1) is 0 Å². The van der Waals surface area contributed by atoms with Crippen LogP contribution < -0.4 is 0 Å². The molecule has 1 amide bonds. The smallest absolute Gasteiger partial charge is 0.247 e. The molecule has 0 unspecified atom stereocenters. The topological polar surface area (TPSA) is 25.2 Å². The van der Waals surface area contributed by atoms with Gasteiger partial charge in [-0.25, -0.2) is 0 Å². The molecule has 0 aliphatic heterocycles.